The first-order valence-electron chi connectivity index (χ1n) is 8.28. The summed E-state index contributed by atoms with van der Waals surface area (Å²) in [6.45, 7) is 7.68. The van der Waals surface area contributed by atoms with Gasteiger partial charge in [0, 0.05) is 17.9 Å². The van der Waals surface area contributed by atoms with E-state index in [0.717, 1.165) is 24.2 Å². The van der Waals surface area contributed by atoms with Gasteiger partial charge in [0.25, 0.3) is 0 Å². The number of benzene rings is 2. The van der Waals surface area contributed by atoms with Gasteiger partial charge < -0.3 is 10.2 Å². The van der Waals surface area contributed by atoms with Crippen LogP contribution in [-0.2, 0) is 11.2 Å². The molecule has 0 bridgehead atoms. The number of anilines is 2. The lowest BCUT2D eigenvalue weighted by Crippen LogP contribution is -2.32. The zero-order chi connectivity index (χ0) is 16.4. The molecule has 2 aromatic rings. The third-order valence-electron chi connectivity index (χ3n) is 4.51. The molecule has 0 atom stereocenters. The Labute approximate surface area is 138 Å². The molecule has 1 aliphatic heterocycles. The minimum atomic E-state index is 0.0536. The first-order chi connectivity index (χ1) is 11.1. The highest BCUT2D eigenvalue weighted by Gasteiger charge is 2.21. The molecule has 1 amide bonds. The predicted molar refractivity (Wildman–Crippen MR) is 96.3 cm³/mol. The fourth-order valence-corrected chi connectivity index (χ4v) is 3.27. The summed E-state index contributed by atoms with van der Waals surface area (Å²) < 4.78 is 0. The van der Waals surface area contributed by atoms with E-state index >= 15 is 0 Å². The van der Waals surface area contributed by atoms with E-state index in [-0.39, 0.29) is 5.91 Å². The molecule has 0 saturated carbocycles. The minimum Gasteiger partial charge on any atom is -0.362 e. The maximum Gasteiger partial charge on any atom is 0.243 e. The number of fused-ring (bicyclic) bond motifs is 1. The molecule has 0 fully saturated rings. The van der Waals surface area contributed by atoms with Crippen molar-refractivity contribution in [1.29, 1.82) is 0 Å². The number of para-hydroxylation sites is 2. The molecule has 0 aromatic heterocycles. The summed E-state index contributed by atoms with van der Waals surface area (Å²) >= 11 is 0. The van der Waals surface area contributed by atoms with Gasteiger partial charge in [-0.2, -0.15) is 0 Å². The van der Waals surface area contributed by atoms with Gasteiger partial charge in [0.05, 0.1) is 6.54 Å². The highest BCUT2D eigenvalue weighted by atomic mass is 16.2. The van der Waals surface area contributed by atoms with Crippen LogP contribution in [0.3, 0.4) is 0 Å². The third kappa shape index (κ3) is 3.24. The zero-order valence-electron chi connectivity index (χ0n) is 14.1. The average molecular weight is 308 g/mol. The van der Waals surface area contributed by atoms with Crippen molar-refractivity contribution in [1.82, 2.24) is 0 Å². The molecule has 1 N–H and O–H groups in total. The number of amides is 1. The second-order valence-electron chi connectivity index (χ2n) is 6.54. The van der Waals surface area contributed by atoms with Crippen LogP contribution in [0.1, 0.15) is 36.5 Å². The van der Waals surface area contributed by atoms with Gasteiger partial charge in [-0.1, -0.05) is 50.2 Å². The van der Waals surface area contributed by atoms with Crippen LogP contribution in [0.25, 0.3) is 0 Å². The third-order valence-corrected chi connectivity index (χ3v) is 4.51. The molecule has 3 nitrogen and oxygen atoms in total. The van der Waals surface area contributed by atoms with Gasteiger partial charge >= 0.3 is 0 Å². The van der Waals surface area contributed by atoms with Crippen molar-refractivity contribution in [2.45, 2.75) is 33.1 Å². The normalized spacial score (nSPS) is 13.3. The van der Waals surface area contributed by atoms with Crippen LogP contribution in [0.2, 0.25) is 0 Å². The summed E-state index contributed by atoms with van der Waals surface area (Å²) in [4.78, 5) is 14.7. The van der Waals surface area contributed by atoms with E-state index in [1.54, 1.807) is 0 Å². The molecular formula is C20H24N2O. The van der Waals surface area contributed by atoms with Crippen LogP contribution in [0.5, 0.6) is 0 Å². The number of hydrogen-bond donors (Lipinski definition) is 1. The molecule has 0 radical (unpaired) electrons. The smallest absolute Gasteiger partial charge is 0.243 e. The van der Waals surface area contributed by atoms with Crippen molar-refractivity contribution in [3.05, 3.63) is 59.2 Å². The summed E-state index contributed by atoms with van der Waals surface area (Å²) in [6.07, 6.45) is 1.02. The van der Waals surface area contributed by atoms with Crippen LogP contribution < -0.4 is 10.2 Å². The molecule has 120 valence electrons. The summed E-state index contributed by atoms with van der Waals surface area (Å²) in [5.41, 5.74) is 5.81. The van der Waals surface area contributed by atoms with Crippen molar-refractivity contribution in [3.63, 3.8) is 0 Å². The van der Waals surface area contributed by atoms with Gasteiger partial charge in [-0.25, -0.2) is 0 Å². The number of aryl methyl sites for hydroxylation is 1. The van der Waals surface area contributed by atoms with Crippen molar-refractivity contribution in [2.24, 2.45) is 0 Å². The standard InChI is InChI=1S/C20H24N2O/c1-14(2)17-9-6-7-15(3)20(17)21-19(23)13-22-12-11-16-8-4-5-10-18(16)22/h4-10,14H,11-13H2,1-3H3,(H,21,23). The molecule has 0 saturated heterocycles. The average Bonchev–Trinajstić information content (AvgIpc) is 2.92. The molecule has 3 heteroatoms. The highest BCUT2D eigenvalue weighted by molar-refractivity contribution is 5.95. The van der Waals surface area contributed by atoms with Crippen LogP contribution in [-0.4, -0.2) is 19.0 Å². The molecule has 0 unspecified atom stereocenters. The number of rotatable bonds is 4. The predicted octanol–water partition coefficient (Wildman–Crippen LogP) is 4.12. The molecule has 3 rings (SSSR count). The van der Waals surface area contributed by atoms with Gasteiger partial charge in [-0.05, 0) is 42.0 Å². The number of nitrogens with one attached hydrogen (secondary N) is 1. The van der Waals surface area contributed by atoms with Crippen LogP contribution in [0.4, 0.5) is 11.4 Å². The largest absolute Gasteiger partial charge is 0.362 e. The topological polar surface area (TPSA) is 32.3 Å². The second kappa shape index (κ2) is 6.45. The molecular weight excluding hydrogens is 284 g/mol. The summed E-state index contributed by atoms with van der Waals surface area (Å²) in [5.74, 6) is 0.440. The van der Waals surface area contributed by atoms with Crippen LogP contribution in [0, 0.1) is 6.92 Å². The molecule has 0 spiro atoms. The lowest BCUT2D eigenvalue weighted by atomic mass is 9.98. The van der Waals surface area contributed by atoms with E-state index < -0.39 is 0 Å². The summed E-state index contributed by atoms with van der Waals surface area (Å²) in [7, 11) is 0. The number of nitrogens with zero attached hydrogens (tertiary/aromatic N) is 1. The Kier molecular flexibility index (Phi) is 4.37. The van der Waals surface area contributed by atoms with Crippen molar-refractivity contribution < 1.29 is 4.79 Å². The number of carbonyl (C=O) groups excluding carboxylic acids is 1. The molecule has 1 heterocycles. The molecule has 1 aliphatic rings. The Morgan fingerprint density at radius 1 is 1.17 bits per heavy atom. The monoisotopic (exact) mass is 308 g/mol. The fraction of sp³-hybridized carbons (Fsp3) is 0.350. The lowest BCUT2D eigenvalue weighted by Gasteiger charge is -2.21. The van der Waals surface area contributed by atoms with E-state index in [9.17, 15) is 4.79 Å². The Balaban J connectivity index is 1.74. The van der Waals surface area contributed by atoms with Gasteiger partial charge in [-0.15, -0.1) is 0 Å². The Bertz CT molecular complexity index is 721. The van der Waals surface area contributed by atoms with Gasteiger partial charge in [0.2, 0.25) is 5.91 Å². The van der Waals surface area contributed by atoms with Crippen molar-refractivity contribution in [2.75, 3.05) is 23.3 Å². The Morgan fingerprint density at radius 2 is 1.96 bits per heavy atom. The Morgan fingerprint density at radius 3 is 2.74 bits per heavy atom. The second-order valence-corrected chi connectivity index (χ2v) is 6.54. The van der Waals surface area contributed by atoms with Crippen LogP contribution >= 0.6 is 0 Å². The maximum absolute atomic E-state index is 12.6. The zero-order valence-corrected chi connectivity index (χ0v) is 14.1. The maximum atomic E-state index is 12.6. The number of carbonyl (C=O) groups is 1. The fourth-order valence-electron chi connectivity index (χ4n) is 3.27. The van der Waals surface area contributed by atoms with E-state index in [2.05, 4.69) is 54.4 Å². The number of hydrogen-bond acceptors (Lipinski definition) is 2. The first-order valence-corrected chi connectivity index (χ1v) is 8.28. The van der Waals surface area contributed by atoms with E-state index in [0.29, 0.717) is 12.5 Å². The summed E-state index contributed by atoms with van der Waals surface area (Å²) in [5, 5.41) is 3.14. The summed E-state index contributed by atoms with van der Waals surface area (Å²) in [6, 6.07) is 14.5. The first kappa shape index (κ1) is 15.6. The minimum absolute atomic E-state index is 0.0536. The quantitative estimate of drug-likeness (QED) is 0.921. The SMILES string of the molecule is Cc1cccc(C(C)C)c1NC(=O)CN1CCc2ccccc21. The van der Waals surface area contributed by atoms with Gasteiger partial charge in [0.1, 0.15) is 0 Å². The van der Waals surface area contributed by atoms with Crippen molar-refractivity contribution in [3.8, 4) is 0 Å². The van der Waals surface area contributed by atoms with Crippen molar-refractivity contribution >= 4 is 17.3 Å². The lowest BCUT2D eigenvalue weighted by molar-refractivity contribution is -0.115. The van der Waals surface area contributed by atoms with E-state index in [1.165, 1.54) is 16.8 Å². The van der Waals surface area contributed by atoms with Crippen LogP contribution in [0.15, 0.2) is 42.5 Å². The molecule has 2 aromatic carbocycles. The van der Waals surface area contributed by atoms with E-state index in [4.69, 9.17) is 0 Å². The van der Waals surface area contributed by atoms with Gasteiger partial charge in [-0.3, -0.25) is 4.79 Å². The highest BCUT2D eigenvalue weighted by Crippen LogP contribution is 2.29. The molecule has 0 aliphatic carbocycles. The van der Waals surface area contributed by atoms with Gasteiger partial charge in [0.15, 0.2) is 0 Å². The van der Waals surface area contributed by atoms with E-state index in [1.807, 2.05) is 19.1 Å². The molecule has 23 heavy (non-hydrogen) atoms. The Hall–Kier alpha value is -2.29.